The first kappa shape index (κ1) is 19.0. The minimum absolute atomic E-state index is 0.0675. The molecule has 0 aromatic heterocycles. The van der Waals surface area contributed by atoms with Gasteiger partial charge in [0.25, 0.3) is 0 Å². The SMILES string of the molecule is CN=C(NCCOCc1ccc(Cl)cc1)N1CCCC2(CNC(=O)C2)C1. The molecule has 2 N–H and O–H groups in total. The summed E-state index contributed by atoms with van der Waals surface area (Å²) < 4.78 is 5.72. The highest BCUT2D eigenvalue weighted by molar-refractivity contribution is 6.30. The molecule has 1 aromatic rings. The van der Waals surface area contributed by atoms with Crippen molar-refractivity contribution in [2.45, 2.75) is 25.9 Å². The number of carbonyl (C=O) groups excluding carboxylic acids is 1. The number of benzene rings is 1. The number of ether oxygens (including phenoxy) is 1. The molecule has 0 radical (unpaired) electrons. The summed E-state index contributed by atoms with van der Waals surface area (Å²) >= 11 is 5.88. The van der Waals surface area contributed by atoms with Gasteiger partial charge in [0, 0.05) is 50.1 Å². The van der Waals surface area contributed by atoms with Crippen LogP contribution in [-0.2, 0) is 16.1 Å². The van der Waals surface area contributed by atoms with Gasteiger partial charge >= 0.3 is 0 Å². The molecular weight excluding hydrogens is 352 g/mol. The van der Waals surface area contributed by atoms with E-state index in [0.29, 0.717) is 26.2 Å². The molecule has 0 saturated carbocycles. The van der Waals surface area contributed by atoms with Gasteiger partial charge in [0.1, 0.15) is 0 Å². The zero-order chi connectivity index (χ0) is 18.4. The number of amides is 1. The van der Waals surface area contributed by atoms with Crippen molar-refractivity contribution in [1.29, 1.82) is 0 Å². The third-order valence-corrected chi connectivity index (χ3v) is 5.33. The van der Waals surface area contributed by atoms with Crippen molar-refractivity contribution < 1.29 is 9.53 Å². The van der Waals surface area contributed by atoms with E-state index >= 15 is 0 Å². The van der Waals surface area contributed by atoms with Crippen molar-refractivity contribution in [2.75, 3.05) is 39.8 Å². The van der Waals surface area contributed by atoms with Crippen molar-refractivity contribution in [3.05, 3.63) is 34.9 Å². The molecule has 7 heteroatoms. The summed E-state index contributed by atoms with van der Waals surface area (Å²) in [5, 5.41) is 7.09. The number of carbonyl (C=O) groups is 1. The van der Waals surface area contributed by atoms with Crippen molar-refractivity contribution in [3.8, 4) is 0 Å². The maximum absolute atomic E-state index is 11.6. The number of aliphatic imine (C=N–C) groups is 1. The fourth-order valence-corrected chi connectivity index (χ4v) is 3.89. The van der Waals surface area contributed by atoms with Crippen LogP contribution in [0.25, 0.3) is 0 Å². The maximum atomic E-state index is 11.6. The number of guanidine groups is 1. The number of nitrogens with zero attached hydrogens (tertiary/aromatic N) is 2. The first-order valence-electron chi connectivity index (χ1n) is 9.15. The van der Waals surface area contributed by atoms with Crippen LogP contribution in [0.1, 0.15) is 24.8 Å². The topological polar surface area (TPSA) is 66.0 Å². The van der Waals surface area contributed by atoms with Crippen molar-refractivity contribution in [1.82, 2.24) is 15.5 Å². The Morgan fingerprint density at radius 2 is 2.23 bits per heavy atom. The highest BCUT2D eigenvalue weighted by Crippen LogP contribution is 2.35. The minimum atomic E-state index is 0.0675. The molecule has 1 atom stereocenters. The Morgan fingerprint density at radius 3 is 2.92 bits per heavy atom. The molecular formula is C19H27ClN4O2. The number of piperidine rings is 1. The summed E-state index contributed by atoms with van der Waals surface area (Å²) in [7, 11) is 1.80. The lowest BCUT2D eigenvalue weighted by Crippen LogP contribution is -2.51. The van der Waals surface area contributed by atoms with Crippen LogP contribution in [0.2, 0.25) is 5.02 Å². The Labute approximate surface area is 159 Å². The zero-order valence-electron chi connectivity index (χ0n) is 15.3. The van der Waals surface area contributed by atoms with Crippen LogP contribution in [0.3, 0.4) is 0 Å². The normalized spacial score (nSPS) is 23.4. The van der Waals surface area contributed by atoms with Crippen LogP contribution >= 0.6 is 11.6 Å². The van der Waals surface area contributed by atoms with Crippen LogP contribution in [0.4, 0.5) is 0 Å². The first-order chi connectivity index (χ1) is 12.6. The summed E-state index contributed by atoms with van der Waals surface area (Å²) in [6, 6.07) is 7.68. The third kappa shape index (κ3) is 4.89. The molecule has 142 valence electrons. The largest absolute Gasteiger partial charge is 0.375 e. The van der Waals surface area contributed by atoms with Crippen LogP contribution in [0.15, 0.2) is 29.3 Å². The lowest BCUT2D eigenvalue weighted by atomic mass is 9.79. The Morgan fingerprint density at radius 1 is 1.42 bits per heavy atom. The van der Waals surface area contributed by atoms with E-state index in [9.17, 15) is 4.79 Å². The molecule has 3 rings (SSSR count). The second kappa shape index (κ2) is 8.73. The van der Waals surface area contributed by atoms with Crippen LogP contribution in [-0.4, -0.2) is 56.6 Å². The summed E-state index contributed by atoms with van der Waals surface area (Å²) in [5.41, 5.74) is 1.17. The molecule has 0 aliphatic carbocycles. The van der Waals surface area contributed by atoms with Gasteiger partial charge in [-0.1, -0.05) is 23.7 Å². The average Bonchev–Trinajstić information content (AvgIpc) is 2.99. The van der Waals surface area contributed by atoms with E-state index in [0.717, 1.165) is 49.0 Å². The predicted molar refractivity (Wildman–Crippen MR) is 103 cm³/mol. The Balaban J connectivity index is 1.41. The van der Waals surface area contributed by atoms with Gasteiger partial charge in [-0.2, -0.15) is 0 Å². The van der Waals surface area contributed by atoms with E-state index in [-0.39, 0.29) is 11.3 Å². The molecule has 2 heterocycles. The molecule has 2 aliphatic heterocycles. The number of hydrogen-bond donors (Lipinski definition) is 2. The smallest absolute Gasteiger partial charge is 0.220 e. The van der Waals surface area contributed by atoms with Crippen LogP contribution in [0, 0.1) is 5.41 Å². The van der Waals surface area contributed by atoms with Gasteiger partial charge in [-0.25, -0.2) is 0 Å². The van der Waals surface area contributed by atoms with Gasteiger partial charge in [-0.15, -0.1) is 0 Å². The number of hydrogen-bond acceptors (Lipinski definition) is 3. The molecule has 26 heavy (non-hydrogen) atoms. The number of rotatable bonds is 5. The molecule has 2 saturated heterocycles. The van der Waals surface area contributed by atoms with Crippen molar-refractivity contribution >= 4 is 23.5 Å². The van der Waals surface area contributed by atoms with Gasteiger partial charge in [0.15, 0.2) is 5.96 Å². The van der Waals surface area contributed by atoms with E-state index in [2.05, 4.69) is 20.5 Å². The van der Waals surface area contributed by atoms with Gasteiger partial charge in [0.2, 0.25) is 5.91 Å². The summed E-state index contributed by atoms with van der Waals surface area (Å²) in [5.74, 6) is 1.06. The van der Waals surface area contributed by atoms with E-state index in [1.54, 1.807) is 7.05 Å². The van der Waals surface area contributed by atoms with E-state index in [4.69, 9.17) is 16.3 Å². The molecule has 6 nitrogen and oxygen atoms in total. The number of likely N-dealkylation sites (tertiary alicyclic amines) is 1. The van der Waals surface area contributed by atoms with Gasteiger partial charge in [-0.05, 0) is 30.5 Å². The fourth-order valence-electron chi connectivity index (χ4n) is 3.77. The summed E-state index contributed by atoms with van der Waals surface area (Å²) in [6.07, 6.45) is 2.82. The molecule has 2 fully saturated rings. The second-order valence-corrected chi connectivity index (χ2v) is 7.57. The Kier molecular flexibility index (Phi) is 6.38. The number of nitrogens with one attached hydrogen (secondary N) is 2. The number of halogens is 1. The van der Waals surface area contributed by atoms with Crippen molar-refractivity contribution in [3.63, 3.8) is 0 Å². The first-order valence-corrected chi connectivity index (χ1v) is 9.53. The highest BCUT2D eigenvalue weighted by Gasteiger charge is 2.42. The van der Waals surface area contributed by atoms with Gasteiger partial charge in [0.05, 0.1) is 13.2 Å². The maximum Gasteiger partial charge on any atom is 0.220 e. The third-order valence-electron chi connectivity index (χ3n) is 5.08. The molecule has 2 aliphatic rings. The summed E-state index contributed by atoms with van der Waals surface area (Å²) in [4.78, 5) is 18.3. The Bertz CT molecular complexity index is 649. The molecule has 1 unspecified atom stereocenters. The zero-order valence-corrected chi connectivity index (χ0v) is 16.0. The van der Waals surface area contributed by atoms with E-state index in [1.165, 1.54) is 0 Å². The summed E-state index contributed by atoms with van der Waals surface area (Å²) in [6.45, 7) is 4.49. The lowest BCUT2D eigenvalue weighted by Gasteiger charge is -2.40. The fraction of sp³-hybridized carbons (Fsp3) is 0.579. The van der Waals surface area contributed by atoms with E-state index < -0.39 is 0 Å². The minimum Gasteiger partial charge on any atom is -0.375 e. The van der Waals surface area contributed by atoms with Gasteiger partial charge in [-0.3, -0.25) is 9.79 Å². The average molecular weight is 379 g/mol. The van der Waals surface area contributed by atoms with Crippen molar-refractivity contribution in [2.24, 2.45) is 10.4 Å². The second-order valence-electron chi connectivity index (χ2n) is 7.13. The highest BCUT2D eigenvalue weighted by atomic mass is 35.5. The molecule has 0 bridgehead atoms. The monoisotopic (exact) mass is 378 g/mol. The lowest BCUT2D eigenvalue weighted by molar-refractivity contribution is -0.119. The Hall–Kier alpha value is -1.79. The van der Waals surface area contributed by atoms with Gasteiger partial charge < -0.3 is 20.3 Å². The van der Waals surface area contributed by atoms with Crippen LogP contribution < -0.4 is 10.6 Å². The quantitative estimate of drug-likeness (QED) is 0.467. The molecule has 1 aromatic carbocycles. The molecule has 1 spiro atoms. The molecule has 1 amide bonds. The van der Waals surface area contributed by atoms with E-state index in [1.807, 2.05) is 24.3 Å². The predicted octanol–water partition coefficient (Wildman–Crippen LogP) is 2.03. The standard InChI is InChI=1S/C19H27ClN4O2/c1-21-18(22-8-10-26-12-15-3-5-16(20)6-4-15)24-9-2-7-19(14-24)11-17(25)23-13-19/h3-6H,2,7-14H2,1H3,(H,21,22)(H,23,25). The van der Waals surface area contributed by atoms with Crippen LogP contribution in [0.5, 0.6) is 0 Å².